The van der Waals surface area contributed by atoms with Crippen LogP contribution in [0.3, 0.4) is 0 Å². The van der Waals surface area contributed by atoms with E-state index in [1.807, 2.05) is 14.0 Å². The van der Waals surface area contributed by atoms with Gasteiger partial charge in [0.1, 0.15) is 12.1 Å². The molecule has 0 aromatic carbocycles. The molecule has 0 saturated carbocycles. The molecule has 0 radical (unpaired) electrons. The quantitative estimate of drug-likeness (QED) is 0.782. The van der Waals surface area contributed by atoms with Crippen LogP contribution in [-0.2, 0) is 11.8 Å². The molecule has 0 N–H and O–H groups in total. The summed E-state index contributed by atoms with van der Waals surface area (Å²) in [6.07, 6.45) is 3.96. The van der Waals surface area contributed by atoms with Gasteiger partial charge in [-0.3, -0.25) is 9.48 Å². The Morgan fingerprint density at radius 3 is 2.88 bits per heavy atom. The third kappa shape index (κ3) is 1.58. The van der Waals surface area contributed by atoms with Gasteiger partial charge in [-0.05, 0) is 13.3 Å². The van der Waals surface area contributed by atoms with E-state index in [2.05, 4.69) is 15.1 Å². The molecule has 0 aliphatic rings. The third-order valence-electron chi connectivity index (χ3n) is 2.79. The van der Waals surface area contributed by atoms with Crippen molar-refractivity contribution < 1.29 is 4.79 Å². The van der Waals surface area contributed by atoms with Gasteiger partial charge in [-0.15, -0.1) is 0 Å². The number of carbonyl (C=O) groups excluding carboxylic acids is 1. The van der Waals surface area contributed by atoms with Crippen LogP contribution in [0.25, 0.3) is 11.0 Å². The maximum Gasteiger partial charge on any atom is 0.161 e. The second-order valence-corrected chi connectivity index (χ2v) is 3.84. The van der Waals surface area contributed by atoms with Crippen molar-refractivity contribution in [1.29, 1.82) is 0 Å². The Balaban J connectivity index is 2.63. The molecule has 0 bridgehead atoms. The zero-order valence-electron chi connectivity index (χ0n) is 9.64. The van der Waals surface area contributed by atoms with Gasteiger partial charge in [0, 0.05) is 7.05 Å². The van der Waals surface area contributed by atoms with E-state index in [0.29, 0.717) is 0 Å². The van der Waals surface area contributed by atoms with Crippen molar-refractivity contribution in [2.45, 2.75) is 26.2 Å². The van der Waals surface area contributed by atoms with Gasteiger partial charge < -0.3 is 0 Å². The van der Waals surface area contributed by atoms with Crippen molar-refractivity contribution in [3.63, 3.8) is 0 Å². The number of ketones is 1. The topological polar surface area (TPSA) is 60.7 Å². The molecule has 2 heterocycles. The first-order chi connectivity index (χ1) is 7.65. The van der Waals surface area contributed by atoms with Crippen molar-refractivity contribution in [3.8, 4) is 0 Å². The van der Waals surface area contributed by atoms with E-state index in [0.717, 1.165) is 23.1 Å². The fourth-order valence-electron chi connectivity index (χ4n) is 1.93. The number of aryl methyl sites for hydroxylation is 1. The minimum atomic E-state index is -0.158. The van der Waals surface area contributed by atoms with Crippen molar-refractivity contribution in [2.24, 2.45) is 7.05 Å². The summed E-state index contributed by atoms with van der Waals surface area (Å²) in [6, 6.07) is 0. The first-order valence-electron chi connectivity index (χ1n) is 5.28. The lowest BCUT2D eigenvalue weighted by molar-refractivity contribution is -0.118. The maximum atomic E-state index is 11.5. The van der Waals surface area contributed by atoms with Gasteiger partial charge in [-0.25, -0.2) is 9.97 Å². The monoisotopic (exact) mass is 218 g/mol. The van der Waals surface area contributed by atoms with Crippen LogP contribution in [-0.4, -0.2) is 25.5 Å². The summed E-state index contributed by atoms with van der Waals surface area (Å²) in [5, 5.41) is 5.00. The SMILES string of the molecule is CCC(C(C)=O)c1ncnc2c1cnn2C. The number of hydrogen-bond donors (Lipinski definition) is 0. The van der Waals surface area contributed by atoms with E-state index in [4.69, 9.17) is 0 Å². The summed E-state index contributed by atoms with van der Waals surface area (Å²) in [4.78, 5) is 19.9. The number of Topliss-reactive ketones (excluding diaryl/α,β-unsaturated/α-hetero) is 1. The first-order valence-corrected chi connectivity index (χ1v) is 5.28. The Kier molecular flexibility index (Phi) is 2.68. The molecular formula is C11H14N4O. The normalized spacial score (nSPS) is 12.9. The maximum absolute atomic E-state index is 11.5. The molecule has 0 aliphatic heterocycles. The molecule has 2 aromatic heterocycles. The zero-order valence-corrected chi connectivity index (χ0v) is 9.64. The lowest BCUT2D eigenvalue weighted by atomic mass is 9.96. The number of aromatic nitrogens is 4. The van der Waals surface area contributed by atoms with Crippen molar-refractivity contribution in [3.05, 3.63) is 18.2 Å². The van der Waals surface area contributed by atoms with Gasteiger partial charge in [-0.1, -0.05) is 6.92 Å². The number of fused-ring (bicyclic) bond motifs is 1. The van der Waals surface area contributed by atoms with E-state index < -0.39 is 0 Å². The second kappa shape index (κ2) is 4.00. The average Bonchev–Trinajstić information content (AvgIpc) is 2.62. The highest BCUT2D eigenvalue weighted by Crippen LogP contribution is 2.24. The zero-order chi connectivity index (χ0) is 11.7. The molecule has 5 heteroatoms. The minimum Gasteiger partial charge on any atom is -0.299 e. The number of hydrogen-bond acceptors (Lipinski definition) is 4. The summed E-state index contributed by atoms with van der Waals surface area (Å²) >= 11 is 0. The van der Waals surface area contributed by atoms with Gasteiger partial charge in [0.05, 0.1) is 23.2 Å². The molecule has 1 unspecified atom stereocenters. The average molecular weight is 218 g/mol. The van der Waals surface area contributed by atoms with E-state index in [1.165, 1.54) is 6.33 Å². The number of carbonyl (C=O) groups is 1. The molecule has 0 fully saturated rings. The standard InChI is InChI=1S/C11H14N4O/c1-4-8(7(2)16)10-9-5-14-15(3)11(9)13-6-12-10/h5-6,8H,4H2,1-3H3. The van der Waals surface area contributed by atoms with E-state index in [1.54, 1.807) is 17.8 Å². The van der Waals surface area contributed by atoms with Crippen LogP contribution in [0.15, 0.2) is 12.5 Å². The van der Waals surface area contributed by atoms with E-state index >= 15 is 0 Å². The summed E-state index contributed by atoms with van der Waals surface area (Å²) in [7, 11) is 1.83. The van der Waals surface area contributed by atoms with Crippen LogP contribution >= 0.6 is 0 Å². The Morgan fingerprint density at radius 1 is 1.50 bits per heavy atom. The second-order valence-electron chi connectivity index (χ2n) is 3.84. The highest BCUT2D eigenvalue weighted by atomic mass is 16.1. The molecule has 2 rings (SSSR count). The van der Waals surface area contributed by atoms with E-state index in [9.17, 15) is 4.79 Å². The highest BCUT2D eigenvalue weighted by Gasteiger charge is 2.20. The van der Waals surface area contributed by atoms with Crippen LogP contribution < -0.4 is 0 Å². The van der Waals surface area contributed by atoms with Crippen LogP contribution in [0.4, 0.5) is 0 Å². The third-order valence-corrected chi connectivity index (χ3v) is 2.79. The fraction of sp³-hybridized carbons (Fsp3) is 0.455. The predicted molar refractivity (Wildman–Crippen MR) is 60.0 cm³/mol. The lowest BCUT2D eigenvalue weighted by Crippen LogP contribution is -2.10. The molecule has 0 spiro atoms. The largest absolute Gasteiger partial charge is 0.299 e. The van der Waals surface area contributed by atoms with Gasteiger partial charge in [0.15, 0.2) is 5.65 Å². The Hall–Kier alpha value is -1.78. The van der Waals surface area contributed by atoms with E-state index in [-0.39, 0.29) is 11.7 Å². The molecule has 0 aliphatic carbocycles. The smallest absolute Gasteiger partial charge is 0.161 e. The van der Waals surface area contributed by atoms with Crippen LogP contribution in [0.1, 0.15) is 31.9 Å². The Morgan fingerprint density at radius 2 is 2.25 bits per heavy atom. The molecule has 5 nitrogen and oxygen atoms in total. The van der Waals surface area contributed by atoms with Crippen molar-refractivity contribution in [1.82, 2.24) is 19.7 Å². The summed E-state index contributed by atoms with van der Waals surface area (Å²) in [6.45, 7) is 3.58. The molecule has 1 atom stereocenters. The van der Waals surface area contributed by atoms with Crippen molar-refractivity contribution in [2.75, 3.05) is 0 Å². The number of nitrogens with zero attached hydrogens (tertiary/aromatic N) is 4. The molecule has 16 heavy (non-hydrogen) atoms. The van der Waals surface area contributed by atoms with Crippen LogP contribution in [0.2, 0.25) is 0 Å². The Labute approximate surface area is 93.5 Å². The molecule has 2 aromatic rings. The summed E-state index contributed by atoms with van der Waals surface area (Å²) in [5.41, 5.74) is 1.55. The molecule has 84 valence electrons. The highest BCUT2D eigenvalue weighted by molar-refractivity contribution is 5.88. The van der Waals surface area contributed by atoms with Gasteiger partial charge >= 0.3 is 0 Å². The summed E-state index contributed by atoms with van der Waals surface area (Å²) < 4.78 is 1.69. The molecule has 0 amide bonds. The first kappa shape index (κ1) is 10.7. The molecular weight excluding hydrogens is 204 g/mol. The summed E-state index contributed by atoms with van der Waals surface area (Å²) in [5.74, 6) is -0.0268. The van der Waals surface area contributed by atoms with Crippen molar-refractivity contribution >= 4 is 16.8 Å². The number of rotatable bonds is 3. The minimum absolute atomic E-state index is 0.131. The lowest BCUT2D eigenvalue weighted by Gasteiger charge is -2.10. The van der Waals surface area contributed by atoms with Gasteiger partial charge in [-0.2, -0.15) is 5.10 Å². The predicted octanol–water partition coefficient (Wildman–Crippen LogP) is 1.45. The van der Waals surface area contributed by atoms with Gasteiger partial charge in [0.2, 0.25) is 0 Å². The fourth-order valence-corrected chi connectivity index (χ4v) is 1.93. The van der Waals surface area contributed by atoms with Crippen LogP contribution in [0, 0.1) is 0 Å². The Bertz CT molecular complexity index is 532. The van der Waals surface area contributed by atoms with Gasteiger partial charge in [0.25, 0.3) is 0 Å². The molecule has 0 saturated heterocycles. The van der Waals surface area contributed by atoms with Crippen LogP contribution in [0.5, 0.6) is 0 Å².